The van der Waals surface area contributed by atoms with Crippen LogP contribution >= 0.6 is 0 Å². The van der Waals surface area contributed by atoms with Crippen LogP contribution in [0.5, 0.6) is 0 Å². The second kappa shape index (κ2) is 4.55. The minimum Gasteiger partial charge on any atom is -0.285 e. The lowest BCUT2D eigenvalue weighted by Crippen LogP contribution is -2.23. The SMILES string of the molecule is O=C1C(=O)c2c(cccc2[N+](=O)[O-])-c2cccc([N+](=O)[O-])c21. The van der Waals surface area contributed by atoms with Crippen molar-refractivity contribution in [2.75, 3.05) is 0 Å². The Morgan fingerprint density at radius 1 is 0.682 bits per heavy atom. The summed E-state index contributed by atoms with van der Waals surface area (Å²) in [5.74, 6) is -2.21. The van der Waals surface area contributed by atoms with Crippen molar-refractivity contribution in [2.24, 2.45) is 0 Å². The first-order valence-corrected chi connectivity index (χ1v) is 6.07. The summed E-state index contributed by atoms with van der Waals surface area (Å²) in [6.45, 7) is 0. The van der Waals surface area contributed by atoms with Crippen LogP contribution < -0.4 is 0 Å². The van der Waals surface area contributed by atoms with Crippen LogP contribution in [0.15, 0.2) is 36.4 Å². The zero-order valence-electron chi connectivity index (χ0n) is 10.8. The molecular weight excluding hydrogens is 292 g/mol. The smallest absolute Gasteiger partial charge is 0.281 e. The van der Waals surface area contributed by atoms with Crippen LogP contribution in [-0.2, 0) is 0 Å². The standard InChI is InChI=1S/C14H6N2O6/c17-13-11-7(3-1-5-9(11)15(19)20)8-4-2-6-10(16(21)22)12(8)14(13)18/h1-6H. The van der Waals surface area contributed by atoms with E-state index in [0.29, 0.717) is 0 Å². The van der Waals surface area contributed by atoms with Crippen LogP contribution in [0.2, 0.25) is 0 Å². The number of carbonyl (C=O) groups is 2. The van der Waals surface area contributed by atoms with Gasteiger partial charge in [-0.1, -0.05) is 24.3 Å². The van der Waals surface area contributed by atoms with Gasteiger partial charge in [-0.05, 0) is 0 Å². The molecule has 108 valence electrons. The Labute approximate surface area is 122 Å². The third kappa shape index (κ3) is 1.71. The third-order valence-electron chi connectivity index (χ3n) is 3.43. The summed E-state index contributed by atoms with van der Waals surface area (Å²) in [7, 11) is 0. The van der Waals surface area contributed by atoms with E-state index in [2.05, 4.69) is 0 Å². The highest BCUT2D eigenvalue weighted by Crippen LogP contribution is 2.40. The summed E-state index contributed by atoms with van der Waals surface area (Å²) < 4.78 is 0. The monoisotopic (exact) mass is 298 g/mol. The van der Waals surface area contributed by atoms with Gasteiger partial charge in [-0.3, -0.25) is 29.8 Å². The van der Waals surface area contributed by atoms with Crippen LogP contribution in [0.3, 0.4) is 0 Å². The van der Waals surface area contributed by atoms with Crippen molar-refractivity contribution in [1.29, 1.82) is 0 Å². The summed E-state index contributed by atoms with van der Waals surface area (Å²) in [4.78, 5) is 45.0. The maximum Gasteiger partial charge on any atom is 0.281 e. The van der Waals surface area contributed by atoms with Gasteiger partial charge in [0.05, 0.1) is 9.85 Å². The number of carbonyl (C=O) groups excluding carboxylic acids is 2. The van der Waals surface area contributed by atoms with Gasteiger partial charge in [-0.2, -0.15) is 0 Å². The number of hydrogen-bond donors (Lipinski definition) is 0. The average molecular weight is 298 g/mol. The Balaban J connectivity index is 2.44. The Bertz CT molecular complexity index is 813. The van der Waals surface area contributed by atoms with Gasteiger partial charge in [-0.25, -0.2) is 0 Å². The lowest BCUT2D eigenvalue weighted by molar-refractivity contribution is -0.385. The Hall–Kier alpha value is -3.42. The van der Waals surface area contributed by atoms with Crippen molar-refractivity contribution in [1.82, 2.24) is 0 Å². The molecular formula is C14H6N2O6. The predicted octanol–water partition coefficient (Wildman–Crippen LogP) is 2.55. The van der Waals surface area contributed by atoms with Crippen LogP contribution in [0.25, 0.3) is 11.1 Å². The molecule has 8 heteroatoms. The molecule has 8 nitrogen and oxygen atoms in total. The van der Waals surface area contributed by atoms with Crippen molar-refractivity contribution >= 4 is 22.9 Å². The molecule has 2 aromatic rings. The third-order valence-corrected chi connectivity index (χ3v) is 3.43. The van der Waals surface area contributed by atoms with Crippen molar-refractivity contribution in [2.45, 2.75) is 0 Å². The quantitative estimate of drug-likeness (QED) is 0.477. The first kappa shape index (κ1) is 13.6. The van der Waals surface area contributed by atoms with Gasteiger partial charge in [0.15, 0.2) is 0 Å². The number of Topliss-reactive ketones (excluding diaryl/α,β-unsaturated/α-hetero) is 2. The lowest BCUT2D eigenvalue weighted by atomic mass is 9.82. The molecule has 1 aliphatic rings. The number of nitro groups is 2. The van der Waals surface area contributed by atoms with E-state index < -0.39 is 32.8 Å². The van der Waals surface area contributed by atoms with E-state index >= 15 is 0 Å². The largest absolute Gasteiger partial charge is 0.285 e. The highest BCUT2D eigenvalue weighted by molar-refractivity contribution is 6.54. The minimum atomic E-state index is -1.11. The molecule has 0 spiro atoms. The van der Waals surface area contributed by atoms with E-state index in [1.807, 2.05) is 0 Å². The van der Waals surface area contributed by atoms with E-state index in [-0.39, 0.29) is 22.3 Å². The highest BCUT2D eigenvalue weighted by atomic mass is 16.6. The first-order valence-electron chi connectivity index (χ1n) is 6.07. The molecule has 0 saturated heterocycles. The van der Waals surface area contributed by atoms with Crippen molar-refractivity contribution < 1.29 is 19.4 Å². The number of ketones is 2. The molecule has 22 heavy (non-hydrogen) atoms. The summed E-state index contributed by atoms with van der Waals surface area (Å²) in [6.07, 6.45) is 0. The molecule has 0 radical (unpaired) electrons. The molecule has 0 saturated carbocycles. The lowest BCUT2D eigenvalue weighted by Gasteiger charge is -2.17. The normalized spacial score (nSPS) is 12.5. The summed E-state index contributed by atoms with van der Waals surface area (Å²) in [5.41, 5.74) is -1.34. The molecule has 0 amide bonds. The second-order valence-corrected chi connectivity index (χ2v) is 4.57. The minimum absolute atomic E-state index is 0.150. The molecule has 0 fully saturated rings. The average Bonchev–Trinajstić information content (AvgIpc) is 2.50. The highest BCUT2D eigenvalue weighted by Gasteiger charge is 2.39. The molecule has 0 aromatic heterocycles. The zero-order valence-corrected chi connectivity index (χ0v) is 10.8. The molecule has 0 heterocycles. The fourth-order valence-corrected chi connectivity index (χ4v) is 2.54. The number of hydrogen-bond acceptors (Lipinski definition) is 6. The molecule has 0 atom stereocenters. The molecule has 0 unspecified atom stereocenters. The Morgan fingerprint density at radius 3 is 1.36 bits per heavy atom. The van der Waals surface area contributed by atoms with Crippen LogP contribution in [-0.4, -0.2) is 21.4 Å². The Kier molecular flexibility index (Phi) is 2.81. The van der Waals surface area contributed by atoms with Crippen molar-refractivity contribution in [3.8, 4) is 11.1 Å². The van der Waals surface area contributed by atoms with Gasteiger partial charge in [-0.15, -0.1) is 0 Å². The maximum absolute atomic E-state index is 12.2. The summed E-state index contributed by atoms with van der Waals surface area (Å²) >= 11 is 0. The van der Waals surface area contributed by atoms with Gasteiger partial charge in [0.1, 0.15) is 11.1 Å². The molecule has 0 aliphatic heterocycles. The van der Waals surface area contributed by atoms with Crippen molar-refractivity contribution in [3.05, 3.63) is 67.8 Å². The van der Waals surface area contributed by atoms with E-state index in [1.165, 1.54) is 24.3 Å². The maximum atomic E-state index is 12.2. The number of benzene rings is 2. The van der Waals surface area contributed by atoms with Gasteiger partial charge in [0, 0.05) is 23.3 Å². The molecule has 0 N–H and O–H groups in total. The van der Waals surface area contributed by atoms with E-state index in [0.717, 1.165) is 12.1 Å². The number of fused-ring (bicyclic) bond motifs is 3. The fraction of sp³-hybridized carbons (Fsp3) is 0. The number of nitrogens with zero attached hydrogens (tertiary/aromatic N) is 2. The molecule has 0 bridgehead atoms. The number of nitro benzene ring substituents is 2. The second-order valence-electron chi connectivity index (χ2n) is 4.57. The van der Waals surface area contributed by atoms with E-state index in [9.17, 15) is 29.8 Å². The van der Waals surface area contributed by atoms with Gasteiger partial charge in [0.25, 0.3) is 11.4 Å². The predicted molar refractivity (Wildman–Crippen MR) is 73.8 cm³/mol. The van der Waals surface area contributed by atoms with Gasteiger partial charge >= 0.3 is 0 Å². The van der Waals surface area contributed by atoms with Crippen LogP contribution in [0, 0.1) is 20.2 Å². The first-order chi connectivity index (χ1) is 10.4. The summed E-state index contributed by atoms with van der Waals surface area (Å²) in [5, 5.41) is 22.1. The molecule has 3 rings (SSSR count). The fourth-order valence-electron chi connectivity index (χ4n) is 2.54. The summed E-state index contributed by atoms with van der Waals surface area (Å²) in [6, 6.07) is 7.81. The molecule has 2 aromatic carbocycles. The Morgan fingerprint density at radius 2 is 1.05 bits per heavy atom. The van der Waals surface area contributed by atoms with Crippen LogP contribution in [0.4, 0.5) is 11.4 Å². The van der Waals surface area contributed by atoms with Gasteiger partial charge < -0.3 is 0 Å². The number of rotatable bonds is 2. The van der Waals surface area contributed by atoms with Gasteiger partial charge in [0.2, 0.25) is 11.6 Å². The zero-order chi connectivity index (χ0) is 16.0. The van der Waals surface area contributed by atoms with Crippen LogP contribution in [0.1, 0.15) is 20.7 Å². The van der Waals surface area contributed by atoms with E-state index in [1.54, 1.807) is 0 Å². The van der Waals surface area contributed by atoms with E-state index in [4.69, 9.17) is 0 Å². The molecule has 1 aliphatic carbocycles. The van der Waals surface area contributed by atoms with Crippen molar-refractivity contribution in [3.63, 3.8) is 0 Å². The topological polar surface area (TPSA) is 120 Å².